The molecule has 2 aromatic rings. The first-order valence-electron chi connectivity index (χ1n) is 6.63. The van der Waals surface area contributed by atoms with E-state index in [1.54, 1.807) is 0 Å². The van der Waals surface area contributed by atoms with Crippen LogP contribution in [0.4, 0.5) is 9.52 Å². The van der Waals surface area contributed by atoms with Crippen LogP contribution < -0.4 is 15.1 Å². The number of anilines is 1. The lowest BCUT2D eigenvalue weighted by Gasteiger charge is -2.28. The van der Waals surface area contributed by atoms with E-state index in [1.165, 1.54) is 11.8 Å². The number of hydrogen-bond donors (Lipinski definition) is 3. The van der Waals surface area contributed by atoms with Crippen molar-refractivity contribution >= 4 is 41.3 Å². The van der Waals surface area contributed by atoms with Crippen molar-refractivity contribution in [2.24, 2.45) is 0 Å². The van der Waals surface area contributed by atoms with Crippen molar-refractivity contribution < 1.29 is 28.7 Å². The van der Waals surface area contributed by atoms with Crippen molar-refractivity contribution in [2.45, 2.75) is 15.9 Å². The van der Waals surface area contributed by atoms with Crippen LogP contribution in [-0.4, -0.2) is 45.7 Å². The van der Waals surface area contributed by atoms with Crippen LogP contribution in [0.2, 0.25) is 0 Å². The summed E-state index contributed by atoms with van der Waals surface area (Å²) < 4.78 is 24.8. The van der Waals surface area contributed by atoms with E-state index in [0.717, 1.165) is 24.5 Å². The average Bonchev–Trinajstić information content (AvgIpc) is 2.92. The molecule has 3 rings (SSSR count). The Morgan fingerprint density at radius 2 is 2.38 bits per heavy atom. The number of hydrogen-bond acceptors (Lipinski definition) is 9. The topological polar surface area (TPSA) is 128 Å². The van der Waals surface area contributed by atoms with Gasteiger partial charge in [-0.3, -0.25) is 0 Å². The number of ether oxygens (including phenoxy) is 1. The van der Waals surface area contributed by atoms with E-state index < -0.39 is 35.4 Å². The Bertz CT molecular complexity index is 805. The van der Waals surface area contributed by atoms with Crippen LogP contribution in [-0.2, 0) is 6.42 Å². The van der Waals surface area contributed by atoms with Gasteiger partial charge >= 0.3 is 13.1 Å². The summed E-state index contributed by atoms with van der Waals surface area (Å²) in [5.74, 6) is -2.74. The number of carboxylic acid groups (broad SMARTS) is 1. The van der Waals surface area contributed by atoms with E-state index >= 15 is 0 Å². The minimum Gasteiger partial charge on any atom is -0.534 e. The van der Waals surface area contributed by atoms with Gasteiger partial charge in [-0.1, -0.05) is 23.1 Å². The third kappa shape index (κ3) is 2.99. The summed E-state index contributed by atoms with van der Waals surface area (Å²) in [6.07, 6.45) is 0.182. The van der Waals surface area contributed by atoms with Crippen LogP contribution in [0.1, 0.15) is 15.9 Å². The molecular weight excluding hydrogens is 360 g/mol. The second-order valence-electron chi connectivity index (χ2n) is 4.84. The number of methoxy groups -OCH3 is 1. The molecule has 8 nitrogen and oxygen atoms in total. The van der Waals surface area contributed by atoms with Gasteiger partial charge in [0.2, 0.25) is 5.13 Å². The van der Waals surface area contributed by atoms with E-state index in [4.69, 9.17) is 15.1 Å². The van der Waals surface area contributed by atoms with Gasteiger partial charge in [-0.15, -0.1) is 10.2 Å². The first-order chi connectivity index (χ1) is 11.4. The highest BCUT2D eigenvalue weighted by Gasteiger charge is 2.40. The minimum absolute atomic E-state index is 0.0955. The number of aromatic nitrogens is 2. The summed E-state index contributed by atoms with van der Waals surface area (Å²) in [6, 6.07) is 1.15. The predicted octanol–water partition coefficient (Wildman–Crippen LogP) is 1.08. The zero-order valence-electron chi connectivity index (χ0n) is 12.2. The molecule has 0 amide bonds. The smallest absolute Gasteiger partial charge is 0.534 e. The summed E-state index contributed by atoms with van der Waals surface area (Å²) in [6.45, 7) is 0. The van der Waals surface area contributed by atoms with Crippen molar-refractivity contribution in [1.82, 2.24) is 10.2 Å². The molecule has 1 aliphatic rings. The maximum atomic E-state index is 14.1. The summed E-state index contributed by atoms with van der Waals surface area (Å²) in [5, 5.41) is 26.8. The molecule has 0 spiro atoms. The number of carboxylic acids is 1. The van der Waals surface area contributed by atoms with E-state index in [-0.39, 0.29) is 17.3 Å². The van der Waals surface area contributed by atoms with Crippen molar-refractivity contribution in [3.05, 3.63) is 23.0 Å². The molecular formula is C12H11BFN3O5S2. The zero-order chi connectivity index (χ0) is 17.4. The SMILES string of the molecule is COc1c(F)cc2c(c1C(=O)O)OB(O)[C@@H](Sc1nnc(N)s1)C2. The summed E-state index contributed by atoms with van der Waals surface area (Å²) in [4.78, 5) is 11.4. The van der Waals surface area contributed by atoms with Crippen molar-refractivity contribution in [3.63, 3.8) is 0 Å². The molecule has 1 aromatic carbocycles. The number of aromatic carboxylic acids is 1. The van der Waals surface area contributed by atoms with E-state index in [2.05, 4.69) is 10.2 Å². The Balaban J connectivity index is 1.96. The molecule has 0 bridgehead atoms. The van der Waals surface area contributed by atoms with Gasteiger partial charge in [0, 0.05) is 0 Å². The van der Waals surface area contributed by atoms with Crippen molar-refractivity contribution in [2.75, 3.05) is 12.8 Å². The van der Waals surface area contributed by atoms with Crippen LogP contribution in [0.3, 0.4) is 0 Å². The Hall–Kier alpha value is -2.05. The first-order valence-corrected chi connectivity index (χ1v) is 8.33. The third-order valence-electron chi connectivity index (χ3n) is 3.33. The average molecular weight is 371 g/mol. The maximum Gasteiger partial charge on any atom is 0.537 e. The van der Waals surface area contributed by atoms with Gasteiger partial charge in [0.15, 0.2) is 15.9 Å². The molecule has 0 fully saturated rings. The number of nitrogens with zero attached hydrogens (tertiary/aromatic N) is 2. The number of rotatable bonds is 4. The lowest BCUT2D eigenvalue weighted by Crippen LogP contribution is -2.41. The molecule has 0 unspecified atom stereocenters. The number of benzene rings is 1. The van der Waals surface area contributed by atoms with Crippen LogP contribution in [0.15, 0.2) is 10.4 Å². The molecule has 12 heteroatoms. The van der Waals surface area contributed by atoms with Crippen LogP contribution >= 0.6 is 23.1 Å². The molecule has 2 heterocycles. The molecule has 4 N–H and O–H groups in total. The fourth-order valence-electron chi connectivity index (χ4n) is 2.36. The van der Waals surface area contributed by atoms with Gasteiger partial charge < -0.3 is 25.3 Å². The summed E-state index contributed by atoms with van der Waals surface area (Å²) in [5.41, 5.74) is 5.39. The normalized spacial score (nSPS) is 16.5. The number of halogens is 1. The number of thioether (sulfide) groups is 1. The lowest BCUT2D eigenvalue weighted by molar-refractivity contribution is 0.0689. The molecule has 0 saturated heterocycles. The quantitative estimate of drug-likeness (QED) is 0.677. The van der Waals surface area contributed by atoms with E-state index in [1.807, 2.05) is 0 Å². The summed E-state index contributed by atoms with van der Waals surface area (Å²) in [7, 11) is -0.143. The second-order valence-corrected chi connectivity index (χ2v) is 7.33. The van der Waals surface area contributed by atoms with Gasteiger partial charge in [-0.05, 0) is 18.1 Å². The molecule has 0 aliphatic carbocycles. The number of nitrogens with two attached hydrogens (primary N) is 1. The van der Waals surface area contributed by atoms with Gasteiger partial charge in [-0.2, -0.15) is 0 Å². The Morgan fingerprint density at radius 1 is 1.62 bits per heavy atom. The van der Waals surface area contributed by atoms with Crippen LogP contribution in [0.25, 0.3) is 0 Å². The second kappa shape index (κ2) is 6.45. The molecule has 126 valence electrons. The Morgan fingerprint density at radius 3 is 2.96 bits per heavy atom. The molecule has 24 heavy (non-hydrogen) atoms. The van der Waals surface area contributed by atoms with Crippen molar-refractivity contribution in [1.29, 1.82) is 0 Å². The van der Waals surface area contributed by atoms with Crippen LogP contribution in [0.5, 0.6) is 11.5 Å². The third-order valence-corrected chi connectivity index (χ3v) is 5.40. The summed E-state index contributed by atoms with van der Waals surface area (Å²) >= 11 is 2.32. The fraction of sp³-hybridized carbons (Fsp3) is 0.250. The lowest BCUT2D eigenvalue weighted by atomic mass is 9.77. The van der Waals surface area contributed by atoms with E-state index in [9.17, 15) is 19.3 Å². The minimum atomic E-state index is -1.40. The fourth-order valence-corrected chi connectivity index (χ4v) is 4.30. The highest BCUT2D eigenvalue weighted by molar-refractivity contribution is 8.02. The van der Waals surface area contributed by atoms with Gasteiger partial charge in [0.05, 0.1) is 12.3 Å². The largest absolute Gasteiger partial charge is 0.537 e. The standard InChI is InChI=1S/C12H11BFN3O5S2/c1-21-9-5(14)2-4-3-6(23-12-17-16-11(15)24-12)13(20)22-8(4)7(9)10(18)19/h2,6,20H,3H2,1H3,(H2,15,16)(H,18,19)/t6-/m0/s1. The highest BCUT2D eigenvalue weighted by atomic mass is 32.2. The van der Waals surface area contributed by atoms with Gasteiger partial charge in [-0.25, -0.2) is 9.18 Å². The molecule has 1 aliphatic heterocycles. The highest BCUT2D eigenvalue weighted by Crippen LogP contribution is 2.41. The molecule has 0 radical (unpaired) electrons. The molecule has 0 saturated carbocycles. The first kappa shape index (κ1) is 16.8. The van der Waals surface area contributed by atoms with Crippen LogP contribution in [0, 0.1) is 5.82 Å². The number of fused-ring (bicyclic) bond motifs is 1. The zero-order valence-corrected chi connectivity index (χ0v) is 13.9. The Kier molecular flexibility index (Phi) is 4.52. The van der Waals surface area contributed by atoms with Gasteiger partial charge in [0.25, 0.3) is 0 Å². The molecule has 1 atom stereocenters. The van der Waals surface area contributed by atoms with E-state index in [0.29, 0.717) is 9.90 Å². The van der Waals surface area contributed by atoms with Gasteiger partial charge in [0.1, 0.15) is 11.3 Å². The maximum absolute atomic E-state index is 14.1. The Labute approximate surface area is 143 Å². The predicted molar refractivity (Wildman–Crippen MR) is 86.2 cm³/mol. The van der Waals surface area contributed by atoms with Crippen molar-refractivity contribution in [3.8, 4) is 11.5 Å². The molecule has 1 aromatic heterocycles. The number of nitrogen functional groups attached to an aromatic ring is 1. The number of carbonyl (C=O) groups is 1. The monoisotopic (exact) mass is 371 g/mol.